The largest absolute Gasteiger partial charge is 0.289 e. The smallest absolute Gasteiger partial charge is 0.0395 e. The van der Waals surface area contributed by atoms with Crippen molar-refractivity contribution in [3.05, 3.63) is 11.6 Å². The van der Waals surface area contributed by atoms with Gasteiger partial charge in [-0.3, -0.25) is 4.99 Å². The first kappa shape index (κ1) is 6.14. The lowest BCUT2D eigenvalue weighted by atomic mass is 9.92. The minimum absolute atomic E-state index is 1.08. The molecule has 0 aromatic carbocycles. The molecule has 1 nitrogen and oxygen atoms in total. The van der Waals surface area contributed by atoms with Gasteiger partial charge in [-0.1, -0.05) is 6.08 Å². The molecule has 0 bridgehead atoms. The molecule has 0 aromatic rings. The molecule has 0 saturated heterocycles. The van der Waals surface area contributed by atoms with Crippen molar-refractivity contribution >= 4 is 5.71 Å². The van der Waals surface area contributed by atoms with E-state index in [-0.39, 0.29) is 0 Å². The summed E-state index contributed by atoms with van der Waals surface area (Å²) in [6.45, 7) is 1.08. The highest BCUT2D eigenvalue weighted by Crippen LogP contribution is 2.22. The second-order valence-corrected chi connectivity index (χ2v) is 3.05. The predicted octanol–water partition coefficient (Wildman–Crippen LogP) is 2.33. The number of allylic oxidation sites excluding steroid dienone is 2. The SMILES string of the molecule is C1=C2CCCN=C2CCC1. The van der Waals surface area contributed by atoms with Crippen LogP contribution in [-0.4, -0.2) is 12.3 Å². The first-order chi connectivity index (χ1) is 4.97. The molecular weight excluding hydrogens is 122 g/mol. The normalized spacial score (nSPS) is 24.8. The molecule has 2 rings (SSSR count). The molecule has 0 amide bonds. The van der Waals surface area contributed by atoms with E-state index in [9.17, 15) is 0 Å². The first-order valence-corrected chi connectivity index (χ1v) is 4.19. The zero-order chi connectivity index (χ0) is 6.81. The van der Waals surface area contributed by atoms with Crippen LogP contribution in [0.1, 0.15) is 32.1 Å². The zero-order valence-corrected chi connectivity index (χ0v) is 6.27. The maximum Gasteiger partial charge on any atom is 0.0395 e. The minimum atomic E-state index is 1.08. The average molecular weight is 135 g/mol. The highest BCUT2D eigenvalue weighted by atomic mass is 14.7. The second kappa shape index (κ2) is 2.57. The molecule has 2 aliphatic rings. The van der Waals surface area contributed by atoms with Gasteiger partial charge in [-0.25, -0.2) is 0 Å². The summed E-state index contributed by atoms with van der Waals surface area (Å²) in [5.74, 6) is 0. The third kappa shape index (κ3) is 1.00. The zero-order valence-electron chi connectivity index (χ0n) is 6.27. The van der Waals surface area contributed by atoms with E-state index in [0.717, 1.165) is 6.54 Å². The predicted molar refractivity (Wildman–Crippen MR) is 43.5 cm³/mol. The third-order valence-corrected chi connectivity index (χ3v) is 2.29. The molecule has 1 aliphatic carbocycles. The molecule has 0 fully saturated rings. The van der Waals surface area contributed by atoms with Gasteiger partial charge in [-0.15, -0.1) is 0 Å². The van der Waals surface area contributed by atoms with Crippen molar-refractivity contribution in [1.29, 1.82) is 0 Å². The van der Waals surface area contributed by atoms with Crippen molar-refractivity contribution < 1.29 is 0 Å². The van der Waals surface area contributed by atoms with Gasteiger partial charge in [-0.05, 0) is 37.7 Å². The summed E-state index contributed by atoms with van der Waals surface area (Å²) in [5, 5.41) is 0. The maximum atomic E-state index is 4.50. The molecule has 0 radical (unpaired) electrons. The Balaban J connectivity index is 2.25. The Bertz CT molecular complexity index is 167. The van der Waals surface area contributed by atoms with E-state index in [0.29, 0.717) is 0 Å². The van der Waals surface area contributed by atoms with Crippen molar-refractivity contribution in [2.24, 2.45) is 4.99 Å². The lowest BCUT2D eigenvalue weighted by Gasteiger charge is -2.19. The number of aliphatic imine (C=N–C) groups is 1. The molecule has 0 aromatic heterocycles. The van der Waals surface area contributed by atoms with Crippen LogP contribution >= 0.6 is 0 Å². The lowest BCUT2D eigenvalue weighted by molar-refractivity contribution is 0.761. The Morgan fingerprint density at radius 2 is 2.20 bits per heavy atom. The number of fused-ring (bicyclic) bond motifs is 1. The summed E-state index contributed by atoms with van der Waals surface area (Å²) < 4.78 is 0. The number of hydrogen-bond donors (Lipinski definition) is 0. The minimum Gasteiger partial charge on any atom is -0.289 e. The Labute approximate surface area is 61.9 Å². The van der Waals surface area contributed by atoms with Gasteiger partial charge >= 0.3 is 0 Å². The van der Waals surface area contributed by atoms with E-state index in [2.05, 4.69) is 11.1 Å². The van der Waals surface area contributed by atoms with Gasteiger partial charge in [0.05, 0.1) is 0 Å². The van der Waals surface area contributed by atoms with Crippen LogP contribution in [0.2, 0.25) is 0 Å². The number of hydrogen-bond acceptors (Lipinski definition) is 1. The van der Waals surface area contributed by atoms with Crippen molar-refractivity contribution in [2.45, 2.75) is 32.1 Å². The quantitative estimate of drug-likeness (QED) is 0.483. The molecule has 1 heteroatoms. The highest BCUT2D eigenvalue weighted by molar-refractivity contribution is 6.01. The topological polar surface area (TPSA) is 12.4 Å². The van der Waals surface area contributed by atoms with E-state index in [1.807, 2.05) is 0 Å². The Morgan fingerprint density at radius 3 is 3.10 bits per heavy atom. The van der Waals surface area contributed by atoms with Crippen LogP contribution in [0, 0.1) is 0 Å². The molecule has 0 atom stereocenters. The third-order valence-electron chi connectivity index (χ3n) is 2.29. The summed E-state index contributed by atoms with van der Waals surface area (Å²) in [5.41, 5.74) is 2.97. The summed E-state index contributed by atoms with van der Waals surface area (Å²) in [4.78, 5) is 4.50. The van der Waals surface area contributed by atoms with Crippen LogP contribution in [0.5, 0.6) is 0 Å². The van der Waals surface area contributed by atoms with Crippen LogP contribution in [0.4, 0.5) is 0 Å². The van der Waals surface area contributed by atoms with E-state index in [1.165, 1.54) is 37.8 Å². The molecule has 0 saturated carbocycles. The number of rotatable bonds is 0. The van der Waals surface area contributed by atoms with E-state index in [1.54, 1.807) is 5.57 Å². The molecule has 1 aliphatic heterocycles. The Hall–Kier alpha value is -0.590. The van der Waals surface area contributed by atoms with E-state index >= 15 is 0 Å². The van der Waals surface area contributed by atoms with Gasteiger partial charge in [0, 0.05) is 12.3 Å². The summed E-state index contributed by atoms with van der Waals surface area (Å²) in [6.07, 6.45) is 8.79. The Kier molecular flexibility index (Phi) is 1.58. The van der Waals surface area contributed by atoms with Gasteiger partial charge in [0.2, 0.25) is 0 Å². The molecule has 0 spiro atoms. The molecule has 54 valence electrons. The molecule has 10 heavy (non-hydrogen) atoms. The molecule has 0 N–H and O–H groups in total. The van der Waals surface area contributed by atoms with E-state index in [4.69, 9.17) is 0 Å². The van der Waals surface area contributed by atoms with Crippen LogP contribution in [0.3, 0.4) is 0 Å². The van der Waals surface area contributed by atoms with Gasteiger partial charge in [0.25, 0.3) is 0 Å². The summed E-state index contributed by atoms with van der Waals surface area (Å²) in [7, 11) is 0. The van der Waals surface area contributed by atoms with Gasteiger partial charge in [0.15, 0.2) is 0 Å². The van der Waals surface area contributed by atoms with Gasteiger partial charge < -0.3 is 0 Å². The van der Waals surface area contributed by atoms with E-state index < -0.39 is 0 Å². The highest BCUT2D eigenvalue weighted by Gasteiger charge is 2.13. The fraction of sp³-hybridized carbons (Fsp3) is 0.667. The van der Waals surface area contributed by atoms with Crippen LogP contribution in [-0.2, 0) is 0 Å². The molecule has 1 heterocycles. The molecule has 0 unspecified atom stereocenters. The van der Waals surface area contributed by atoms with Crippen molar-refractivity contribution in [3.63, 3.8) is 0 Å². The standard InChI is InChI=1S/C9H13N/c1-2-6-9-8(4-1)5-3-7-10-9/h4H,1-3,5-7H2. The first-order valence-electron chi connectivity index (χ1n) is 4.19. The van der Waals surface area contributed by atoms with Gasteiger partial charge in [-0.2, -0.15) is 0 Å². The maximum absolute atomic E-state index is 4.50. The number of nitrogens with zero attached hydrogens (tertiary/aromatic N) is 1. The van der Waals surface area contributed by atoms with Crippen molar-refractivity contribution in [3.8, 4) is 0 Å². The fourth-order valence-corrected chi connectivity index (χ4v) is 1.73. The fourth-order valence-electron chi connectivity index (χ4n) is 1.73. The van der Waals surface area contributed by atoms with Crippen LogP contribution in [0.25, 0.3) is 0 Å². The monoisotopic (exact) mass is 135 g/mol. The summed E-state index contributed by atoms with van der Waals surface area (Å²) >= 11 is 0. The van der Waals surface area contributed by atoms with Crippen molar-refractivity contribution in [2.75, 3.05) is 6.54 Å². The summed E-state index contributed by atoms with van der Waals surface area (Å²) in [6, 6.07) is 0. The van der Waals surface area contributed by atoms with Gasteiger partial charge in [0.1, 0.15) is 0 Å². The van der Waals surface area contributed by atoms with Crippen LogP contribution in [0.15, 0.2) is 16.6 Å². The Morgan fingerprint density at radius 1 is 1.20 bits per heavy atom. The average Bonchev–Trinajstić information content (AvgIpc) is 2.05. The lowest BCUT2D eigenvalue weighted by Crippen LogP contribution is -2.12. The second-order valence-electron chi connectivity index (χ2n) is 3.05. The van der Waals surface area contributed by atoms with Crippen LogP contribution < -0.4 is 0 Å². The molecular formula is C9H13N. The van der Waals surface area contributed by atoms with Crippen molar-refractivity contribution in [1.82, 2.24) is 0 Å².